The Hall–Kier alpha value is -2.95. The van der Waals surface area contributed by atoms with Crippen molar-refractivity contribution in [2.24, 2.45) is 0 Å². The molecule has 0 unspecified atom stereocenters. The van der Waals surface area contributed by atoms with Crippen LogP contribution < -0.4 is 0 Å². The zero-order valence-corrected chi connectivity index (χ0v) is 18.8. The first-order valence-corrected chi connectivity index (χ1v) is 12.9. The lowest BCUT2D eigenvalue weighted by molar-refractivity contribution is 0.603. The predicted octanol–water partition coefficient (Wildman–Crippen LogP) is 4.35. The minimum Gasteiger partial charge on any atom is -0.361 e. The summed E-state index contributed by atoms with van der Waals surface area (Å²) < 4.78 is 26.4. The molecule has 0 amide bonds. The Morgan fingerprint density at radius 2 is 1.84 bits per heavy atom. The van der Waals surface area contributed by atoms with Gasteiger partial charge in [0.25, 0.3) is 0 Å². The maximum Gasteiger partial charge on any atom is 0.202 e. The molecule has 3 aromatic heterocycles. The number of hydrogen-bond donors (Lipinski definition) is 1. The van der Waals surface area contributed by atoms with E-state index in [0.717, 1.165) is 39.3 Å². The van der Waals surface area contributed by atoms with Crippen molar-refractivity contribution in [1.29, 1.82) is 0 Å². The topological polar surface area (TPSA) is 93.5 Å². The molecular weight excluding hydrogens is 450 g/mol. The van der Waals surface area contributed by atoms with Crippen LogP contribution >= 0.6 is 23.1 Å². The van der Waals surface area contributed by atoms with Crippen LogP contribution in [0, 0.1) is 0 Å². The SMILES string of the molecule is CS(=O)(=O)c1cnc(Sc2nnc(Cc3c[nH]c4ccccc34)n2-c2ccccc2)s1. The molecule has 0 spiro atoms. The van der Waals surface area contributed by atoms with Gasteiger partial charge in [0.05, 0.1) is 6.20 Å². The van der Waals surface area contributed by atoms with Gasteiger partial charge in [-0.2, -0.15) is 0 Å². The first-order valence-electron chi connectivity index (χ1n) is 9.37. The number of rotatable bonds is 6. The maximum atomic E-state index is 11.8. The van der Waals surface area contributed by atoms with Gasteiger partial charge < -0.3 is 4.98 Å². The largest absolute Gasteiger partial charge is 0.361 e. The predicted molar refractivity (Wildman–Crippen MR) is 122 cm³/mol. The Bertz CT molecular complexity index is 1470. The van der Waals surface area contributed by atoms with E-state index in [1.54, 1.807) is 0 Å². The number of aromatic nitrogens is 5. The van der Waals surface area contributed by atoms with Crippen molar-refractivity contribution in [2.45, 2.75) is 20.1 Å². The van der Waals surface area contributed by atoms with E-state index in [1.807, 2.05) is 59.3 Å². The highest BCUT2D eigenvalue weighted by Gasteiger charge is 2.19. The lowest BCUT2D eigenvalue weighted by atomic mass is 10.1. The van der Waals surface area contributed by atoms with Crippen molar-refractivity contribution in [1.82, 2.24) is 24.7 Å². The smallest absolute Gasteiger partial charge is 0.202 e. The highest BCUT2D eigenvalue weighted by molar-refractivity contribution is 8.01. The van der Waals surface area contributed by atoms with Gasteiger partial charge in [-0.25, -0.2) is 13.4 Å². The van der Waals surface area contributed by atoms with E-state index in [0.29, 0.717) is 15.9 Å². The first-order chi connectivity index (χ1) is 15.0. The molecule has 10 heteroatoms. The number of hydrogen-bond acceptors (Lipinski definition) is 7. The van der Waals surface area contributed by atoms with Crippen LogP contribution in [0.3, 0.4) is 0 Å². The normalized spacial score (nSPS) is 11.9. The van der Waals surface area contributed by atoms with Crippen molar-refractivity contribution in [3.8, 4) is 5.69 Å². The summed E-state index contributed by atoms with van der Waals surface area (Å²) in [6, 6.07) is 18.0. The number of sulfone groups is 1. The molecule has 0 saturated carbocycles. The molecular formula is C21H17N5O2S3. The standard InChI is InChI=1S/C21H17N5O2S3/c1-31(27,28)19-13-23-21(29-19)30-20-25-24-18(26(20)15-7-3-2-4-8-15)11-14-12-22-17-10-6-5-9-16(14)17/h2-10,12-13,22H,11H2,1H3. The second-order valence-corrected chi connectivity index (χ2v) is 11.4. The van der Waals surface area contributed by atoms with Gasteiger partial charge in [-0.3, -0.25) is 4.57 Å². The van der Waals surface area contributed by atoms with E-state index in [4.69, 9.17) is 0 Å². The Kier molecular flexibility index (Phi) is 5.12. The van der Waals surface area contributed by atoms with Crippen LogP contribution in [0.2, 0.25) is 0 Å². The molecule has 31 heavy (non-hydrogen) atoms. The van der Waals surface area contributed by atoms with Crippen molar-refractivity contribution in [2.75, 3.05) is 6.26 Å². The number of benzene rings is 2. The molecule has 0 atom stereocenters. The van der Waals surface area contributed by atoms with Crippen LogP contribution in [0.25, 0.3) is 16.6 Å². The average molecular weight is 468 g/mol. The second-order valence-electron chi connectivity index (χ2n) is 6.93. The quantitative estimate of drug-likeness (QED) is 0.399. The Morgan fingerprint density at radius 3 is 2.61 bits per heavy atom. The molecule has 0 aliphatic rings. The zero-order chi connectivity index (χ0) is 21.4. The first kappa shape index (κ1) is 20.0. The van der Waals surface area contributed by atoms with Crippen molar-refractivity contribution < 1.29 is 8.42 Å². The third kappa shape index (κ3) is 4.01. The molecule has 156 valence electrons. The van der Waals surface area contributed by atoms with E-state index in [2.05, 4.69) is 26.2 Å². The minimum absolute atomic E-state index is 0.236. The summed E-state index contributed by atoms with van der Waals surface area (Å²) >= 11 is 2.44. The second kappa shape index (κ2) is 7.95. The van der Waals surface area contributed by atoms with Gasteiger partial charge in [-0.15, -0.1) is 10.2 Å². The van der Waals surface area contributed by atoms with Gasteiger partial charge in [-0.05, 0) is 35.5 Å². The Morgan fingerprint density at radius 1 is 1.06 bits per heavy atom. The summed E-state index contributed by atoms with van der Waals surface area (Å²) in [6.07, 6.45) is 5.17. The van der Waals surface area contributed by atoms with Gasteiger partial charge >= 0.3 is 0 Å². The molecule has 7 nitrogen and oxygen atoms in total. The number of nitrogens with zero attached hydrogens (tertiary/aromatic N) is 4. The summed E-state index contributed by atoms with van der Waals surface area (Å²) in [6.45, 7) is 0. The monoisotopic (exact) mass is 467 g/mol. The average Bonchev–Trinajstić information content (AvgIpc) is 3.49. The van der Waals surface area contributed by atoms with Crippen LogP contribution in [0.15, 0.2) is 80.7 Å². The number of H-pyrrole nitrogens is 1. The fourth-order valence-electron chi connectivity index (χ4n) is 3.31. The Balaban J connectivity index is 1.55. The third-order valence-corrected chi connectivity index (χ3v) is 8.55. The number of aromatic amines is 1. The van der Waals surface area contributed by atoms with Gasteiger partial charge in [0.1, 0.15) is 10.0 Å². The fourth-order valence-corrected chi connectivity index (χ4v) is 6.24. The molecule has 0 bridgehead atoms. The van der Waals surface area contributed by atoms with Crippen molar-refractivity contribution >= 4 is 43.8 Å². The highest BCUT2D eigenvalue weighted by atomic mass is 32.2. The van der Waals surface area contributed by atoms with E-state index in [9.17, 15) is 8.42 Å². The summed E-state index contributed by atoms with van der Waals surface area (Å²) in [4.78, 5) is 7.56. The van der Waals surface area contributed by atoms with Crippen LogP contribution in [-0.4, -0.2) is 39.4 Å². The van der Waals surface area contributed by atoms with Gasteiger partial charge in [-0.1, -0.05) is 47.7 Å². The number of para-hydroxylation sites is 2. The molecule has 0 fully saturated rings. The van der Waals surface area contributed by atoms with Crippen LogP contribution in [-0.2, 0) is 16.3 Å². The van der Waals surface area contributed by atoms with Crippen molar-refractivity contribution in [3.05, 3.63) is 78.4 Å². The lowest BCUT2D eigenvalue weighted by Crippen LogP contribution is -2.03. The number of nitrogens with one attached hydrogen (secondary N) is 1. The van der Waals surface area contributed by atoms with Crippen LogP contribution in [0.1, 0.15) is 11.4 Å². The van der Waals surface area contributed by atoms with E-state index < -0.39 is 9.84 Å². The summed E-state index contributed by atoms with van der Waals surface area (Å²) in [5.74, 6) is 0.790. The van der Waals surface area contributed by atoms with Crippen LogP contribution in [0.5, 0.6) is 0 Å². The van der Waals surface area contributed by atoms with Crippen LogP contribution in [0.4, 0.5) is 0 Å². The zero-order valence-electron chi connectivity index (χ0n) is 16.4. The molecule has 1 N–H and O–H groups in total. The van der Waals surface area contributed by atoms with Crippen molar-refractivity contribution in [3.63, 3.8) is 0 Å². The molecule has 2 aromatic carbocycles. The summed E-state index contributed by atoms with van der Waals surface area (Å²) in [5, 5.41) is 10.7. The van der Waals surface area contributed by atoms with Gasteiger partial charge in [0.2, 0.25) is 5.16 Å². The number of thiazole rings is 1. The third-order valence-electron chi connectivity index (χ3n) is 4.75. The molecule has 0 aliphatic heterocycles. The molecule has 5 aromatic rings. The maximum absolute atomic E-state index is 11.8. The number of fused-ring (bicyclic) bond motifs is 1. The van der Waals surface area contributed by atoms with E-state index in [-0.39, 0.29) is 4.21 Å². The molecule has 3 heterocycles. The summed E-state index contributed by atoms with van der Waals surface area (Å²) in [5.41, 5.74) is 3.14. The Labute approximate surface area is 187 Å². The minimum atomic E-state index is -3.29. The molecule has 0 aliphatic carbocycles. The summed E-state index contributed by atoms with van der Waals surface area (Å²) in [7, 11) is -3.29. The highest BCUT2D eigenvalue weighted by Crippen LogP contribution is 2.34. The molecule has 0 radical (unpaired) electrons. The van der Waals surface area contributed by atoms with Gasteiger partial charge in [0, 0.05) is 35.5 Å². The van der Waals surface area contributed by atoms with Gasteiger partial charge in [0.15, 0.2) is 14.2 Å². The van der Waals surface area contributed by atoms with E-state index >= 15 is 0 Å². The molecule has 0 saturated heterocycles. The molecule has 5 rings (SSSR count). The fraction of sp³-hybridized carbons (Fsp3) is 0.0952. The van der Waals surface area contributed by atoms with E-state index in [1.165, 1.54) is 24.2 Å². The lowest BCUT2D eigenvalue weighted by Gasteiger charge is -2.09.